The number of Topliss-reactive ketones (excluding diaryl/α,β-unsaturated/α-hetero) is 1. The third-order valence-electron chi connectivity index (χ3n) is 3.98. The molecule has 0 amide bonds. The summed E-state index contributed by atoms with van der Waals surface area (Å²) >= 11 is 0. The lowest BCUT2D eigenvalue weighted by Gasteiger charge is -2.15. The standard InChI is InChI=1S/C18H10F5NO3S/c1-8(25)10-7-6-9-4-2-3-5-11(9)17(10)24-28(26,27)18-15(22)13(20)12(19)14(21)16(18)23/h2-7,24H,1H3. The van der Waals surface area contributed by atoms with Gasteiger partial charge in [-0.3, -0.25) is 9.52 Å². The molecule has 0 aliphatic carbocycles. The minimum atomic E-state index is -5.28. The van der Waals surface area contributed by atoms with Crippen LogP contribution in [0.4, 0.5) is 27.6 Å². The van der Waals surface area contributed by atoms with Crippen molar-refractivity contribution < 1.29 is 35.2 Å². The molecule has 1 N–H and O–H groups in total. The van der Waals surface area contributed by atoms with Gasteiger partial charge in [-0.05, 0) is 18.4 Å². The Kier molecular flexibility index (Phi) is 4.84. The molecule has 0 saturated heterocycles. The zero-order valence-corrected chi connectivity index (χ0v) is 14.8. The third-order valence-corrected chi connectivity index (χ3v) is 5.35. The fourth-order valence-corrected chi connectivity index (χ4v) is 3.92. The van der Waals surface area contributed by atoms with Crippen LogP contribution in [0.15, 0.2) is 41.3 Å². The molecule has 10 heteroatoms. The van der Waals surface area contributed by atoms with E-state index in [1.807, 2.05) is 0 Å². The van der Waals surface area contributed by atoms with Crippen LogP contribution in [-0.4, -0.2) is 14.2 Å². The van der Waals surface area contributed by atoms with Crippen LogP contribution in [0, 0.1) is 29.1 Å². The number of nitrogens with one attached hydrogen (secondary N) is 1. The molecule has 4 nitrogen and oxygen atoms in total. The number of carbonyl (C=O) groups excluding carboxylic acids is 1. The van der Waals surface area contributed by atoms with Gasteiger partial charge in [0.05, 0.1) is 5.69 Å². The lowest BCUT2D eigenvalue weighted by Crippen LogP contribution is -2.20. The fraction of sp³-hybridized carbons (Fsp3) is 0.0556. The number of anilines is 1. The Morgan fingerprint density at radius 2 is 1.36 bits per heavy atom. The highest BCUT2D eigenvalue weighted by molar-refractivity contribution is 7.92. The quantitative estimate of drug-likeness (QED) is 0.295. The number of ketones is 1. The van der Waals surface area contributed by atoms with E-state index >= 15 is 0 Å². The first kappa shape index (κ1) is 19.7. The molecule has 0 saturated carbocycles. The molecule has 0 aromatic heterocycles. The van der Waals surface area contributed by atoms with Crippen LogP contribution in [0.5, 0.6) is 0 Å². The van der Waals surface area contributed by atoms with Gasteiger partial charge in [-0.2, -0.15) is 0 Å². The molecular formula is C18H10F5NO3S. The maximum absolute atomic E-state index is 14.0. The van der Waals surface area contributed by atoms with Crippen LogP contribution in [-0.2, 0) is 10.0 Å². The van der Waals surface area contributed by atoms with Crippen molar-refractivity contribution in [3.05, 3.63) is 71.0 Å². The Morgan fingerprint density at radius 3 is 1.93 bits per heavy atom. The average Bonchev–Trinajstić information content (AvgIpc) is 2.64. The number of halogens is 5. The molecule has 146 valence electrons. The third kappa shape index (κ3) is 3.09. The Balaban J connectivity index is 2.28. The van der Waals surface area contributed by atoms with Crippen LogP contribution in [0.2, 0.25) is 0 Å². The van der Waals surface area contributed by atoms with Crippen molar-refractivity contribution in [1.29, 1.82) is 0 Å². The smallest absolute Gasteiger partial charge is 0.268 e. The zero-order valence-electron chi connectivity index (χ0n) is 14.0. The second kappa shape index (κ2) is 6.86. The van der Waals surface area contributed by atoms with Crippen molar-refractivity contribution in [3.8, 4) is 0 Å². The summed E-state index contributed by atoms with van der Waals surface area (Å²) < 4.78 is 94.8. The highest BCUT2D eigenvalue weighted by Crippen LogP contribution is 2.33. The van der Waals surface area contributed by atoms with Gasteiger partial charge in [0.15, 0.2) is 33.9 Å². The molecule has 3 rings (SSSR count). The summed E-state index contributed by atoms with van der Waals surface area (Å²) in [4.78, 5) is 9.83. The highest BCUT2D eigenvalue weighted by Gasteiger charge is 2.34. The van der Waals surface area contributed by atoms with E-state index in [2.05, 4.69) is 0 Å². The lowest BCUT2D eigenvalue weighted by atomic mass is 10.0. The lowest BCUT2D eigenvalue weighted by molar-refractivity contribution is 0.101. The van der Waals surface area contributed by atoms with E-state index in [0.717, 1.165) is 6.92 Å². The predicted octanol–water partition coefficient (Wildman–Crippen LogP) is 4.54. The largest absolute Gasteiger partial charge is 0.294 e. The summed E-state index contributed by atoms with van der Waals surface area (Å²) in [5.74, 6) is -12.9. The van der Waals surface area contributed by atoms with Crippen LogP contribution < -0.4 is 4.72 Å². The Bertz CT molecular complexity index is 1210. The van der Waals surface area contributed by atoms with E-state index in [9.17, 15) is 35.2 Å². The van der Waals surface area contributed by atoms with Gasteiger partial charge in [-0.1, -0.05) is 30.3 Å². The number of hydrogen-bond donors (Lipinski definition) is 1. The van der Waals surface area contributed by atoms with Crippen LogP contribution in [0.25, 0.3) is 10.8 Å². The number of rotatable bonds is 4. The van der Waals surface area contributed by atoms with Crippen molar-refractivity contribution in [1.82, 2.24) is 0 Å². The van der Waals surface area contributed by atoms with Gasteiger partial charge in [-0.25, -0.2) is 30.4 Å². The summed E-state index contributed by atoms with van der Waals surface area (Å²) in [6.45, 7) is 1.13. The predicted molar refractivity (Wildman–Crippen MR) is 91.0 cm³/mol. The molecule has 0 bridgehead atoms. The first-order valence-electron chi connectivity index (χ1n) is 7.63. The Labute approximate surface area is 155 Å². The molecule has 0 atom stereocenters. The average molecular weight is 415 g/mol. The van der Waals surface area contributed by atoms with Gasteiger partial charge in [0, 0.05) is 10.9 Å². The van der Waals surface area contributed by atoms with Gasteiger partial charge in [0.25, 0.3) is 10.0 Å². The fourth-order valence-electron chi connectivity index (χ4n) is 2.68. The minimum absolute atomic E-state index is 0.147. The summed E-state index contributed by atoms with van der Waals surface area (Å²) in [6, 6.07) is 8.94. The maximum Gasteiger partial charge on any atom is 0.268 e. The Morgan fingerprint density at radius 1 is 0.821 bits per heavy atom. The van der Waals surface area contributed by atoms with E-state index in [0.29, 0.717) is 5.39 Å². The van der Waals surface area contributed by atoms with Crippen molar-refractivity contribution in [2.75, 3.05) is 4.72 Å². The Hall–Kier alpha value is -3.01. The van der Waals surface area contributed by atoms with Gasteiger partial charge in [-0.15, -0.1) is 0 Å². The van der Waals surface area contributed by atoms with Gasteiger partial charge < -0.3 is 0 Å². The van der Waals surface area contributed by atoms with E-state index in [1.54, 1.807) is 16.9 Å². The van der Waals surface area contributed by atoms with Crippen molar-refractivity contribution in [2.45, 2.75) is 11.8 Å². The molecule has 3 aromatic rings. The van der Waals surface area contributed by atoms with Gasteiger partial charge in [0.2, 0.25) is 5.82 Å². The molecule has 0 radical (unpaired) electrons. The van der Waals surface area contributed by atoms with Crippen molar-refractivity contribution >= 4 is 32.3 Å². The van der Waals surface area contributed by atoms with E-state index < -0.39 is 49.8 Å². The summed E-state index contributed by atoms with van der Waals surface area (Å²) in [5.41, 5.74) is -0.485. The van der Waals surface area contributed by atoms with Gasteiger partial charge >= 0.3 is 0 Å². The number of hydrogen-bond acceptors (Lipinski definition) is 3. The molecule has 0 fully saturated rings. The highest BCUT2D eigenvalue weighted by atomic mass is 32.2. The van der Waals surface area contributed by atoms with Crippen molar-refractivity contribution in [2.24, 2.45) is 0 Å². The van der Waals surface area contributed by atoms with Crippen LogP contribution in [0.1, 0.15) is 17.3 Å². The molecular weight excluding hydrogens is 405 g/mol. The minimum Gasteiger partial charge on any atom is -0.294 e. The monoisotopic (exact) mass is 415 g/mol. The number of carbonyl (C=O) groups is 1. The van der Waals surface area contributed by atoms with E-state index in [4.69, 9.17) is 0 Å². The van der Waals surface area contributed by atoms with Crippen LogP contribution in [0.3, 0.4) is 0 Å². The zero-order chi connectivity index (χ0) is 20.8. The molecule has 0 unspecified atom stereocenters. The van der Waals surface area contributed by atoms with E-state index in [1.165, 1.54) is 24.3 Å². The molecule has 3 aromatic carbocycles. The topological polar surface area (TPSA) is 63.2 Å². The SMILES string of the molecule is CC(=O)c1ccc2ccccc2c1NS(=O)(=O)c1c(F)c(F)c(F)c(F)c1F. The molecule has 0 heterocycles. The first-order valence-corrected chi connectivity index (χ1v) is 9.11. The normalized spacial score (nSPS) is 11.6. The first-order chi connectivity index (χ1) is 13.1. The summed E-state index contributed by atoms with van der Waals surface area (Å²) in [7, 11) is -5.28. The summed E-state index contributed by atoms with van der Waals surface area (Å²) in [5, 5.41) is 0.672. The summed E-state index contributed by atoms with van der Waals surface area (Å²) in [6.07, 6.45) is 0. The van der Waals surface area contributed by atoms with E-state index in [-0.39, 0.29) is 16.6 Å². The molecule has 0 aliphatic heterocycles. The molecule has 0 spiro atoms. The molecule has 0 aliphatic rings. The maximum atomic E-state index is 14.0. The number of sulfonamides is 1. The van der Waals surface area contributed by atoms with Gasteiger partial charge in [0.1, 0.15) is 0 Å². The second-order valence-corrected chi connectivity index (χ2v) is 7.39. The molecule has 28 heavy (non-hydrogen) atoms. The van der Waals surface area contributed by atoms with Crippen LogP contribution >= 0.6 is 0 Å². The number of benzene rings is 3. The number of fused-ring (bicyclic) bond motifs is 1. The second-order valence-electron chi connectivity index (χ2n) is 5.77. The van der Waals surface area contributed by atoms with Crippen molar-refractivity contribution in [3.63, 3.8) is 0 Å².